The van der Waals surface area contributed by atoms with Gasteiger partial charge < -0.3 is 5.11 Å². The number of nitro benzene ring substituents is 1. The molecule has 2 rings (SSSR count). The topological polar surface area (TPSA) is 111 Å². The normalized spacial score (nSPS) is 11.0. The minimum absolute atomic E-state index is 0.175. The Morgan fingerprint density at radius 3 is 2.67 bits per heavy atom. The number of aliphatic carboxylic acids is 1. The lowest BCUT2D eigenvalue weighted by Gasteiger charge is -2.05. The van der Waals surface area contributed by atoms with Crippen molar-refractivity contribution in [2.24, 2.45) is 0 Å². The lowest BCUT2D eigenvalue weighted by atomic mass is 10.1. The molecule has 2 aromatic rings. The van der Waals surface area contributed by atoms with Crippen LogP contribution >= 0.6 is 0 Å². The van der Waals surface area contributed by atoms with Crippen LogP contribution in [-0.2, 0) is 4.79 Å². The number of nitrogens with zero attached hydrogens (tertiary/aromatic N) is 4. The van der Waals surface area contributed by atoms with Gasteiger partial charge in [-0.3, -0.25) is 10.1 Å². The second-order valence-electron chi connectivity index (χ2n) is 4.29. The van der Waals surface area contributed by atoms with E-state index in [0.717, 1.165) is 6.08 Å². The van der Waals surface area contributed by atoms with E-state index < -0.39 is 10.9 Å². The average Bonchev–Trinajstić information content (AvgIpc) is 2.74. The summed E-state index contributed by atoms with van der Waals surface area (Å²) in [7, 11) is 0. The molecule has 8 nitrogen and oxygen atoms in total. The van der Waals surface area contributed by atoms with Crippen LogP contribution < -0.4 is 0 Å². The van der Waals surface area contributed by atoms with Crippen molar-refractivity contribution in [3.63, 3.8) is 0 Å². The molecular weight excluding hydrogens is 276 g/mol. The summed E-state index contributed by atoms with van der Waals surface area (Å²) in [5.74, 6) is 0.0329. The number of aromatic nitrogens is 3. The molecule has 0 unspecified atom stereocenters. The van der Waals surface area contributed by atoms with Crippen LogP contribution in [0.2, 0.25) is 0 Å². The summed E-state index contributed by atoms with van der Waals surface area (Å²) in [5.41, 5.74) is 0.585. The molecule has 0 bridgehead atoms. The number of aryl methyl sites for hydroxylation is 2. The maximum atomic E-state index is 11.0. The third kappa shape index (κ3) is 3.11. The minimum Gasteiger partial charge on any atom is -0.478 e. The van der Waals surface area contributed by atoms with E-state index in [2.05, 4.69) is 10.1 Å². The summed E-state index contributed by atoms with van der Waals surface area (Å²) in [6, 6.07) is 4.35. The van der Waals surface area contributed by atoms with Crippen LogP contribution in [0.15, 0.2) is 24.3 Å². The molecule has 1 aromatic carbocycles. The predicted octanol–water partition coefficient (Wildman–Crippen LogP) is 1.89. The first-order valence-electron chi connectivity index (χ1n) is 5.98. The Bertz CT molecular complexity index is 749. The van der Waals surface area contributed by atoms with Gasteiger partial charge in [0.2, 0.25) is 0 Å². The predicted molar refractivity (Wildman–Crippen MR) is 74.2 cm³/mol. The zero-order chi connectivity index (χ0) is 15.6. The molecule has 108 valence electrons. The maximum absolute atomic E-state index is 11.0. The monoisotopic (exact) mass is 288 g/mol. The van der Waals surface area contributed by atoms with Crippen LogP contribution in [0.4, 0.5) is 5.69 Å². The highest BCUT2D eigenvalue weighted by Crippen LogP contribution is 2.23. The molecule has 0 spiro atoms. The lowest BCUT2D eigenvalue weighted by molar-refractivity contribution is -0.385. The molecule has 0 aliphatic heterocycles. The van der Waals surface area contributed by atoms with Gasteiger partial charge in [-0.25, -0.2) is 14.5 Å². The van der Waals surface area contributed by atoms with Crippen LogP contribution in [0, 0.1) is 24.0 Å². The second kappa shape index (κ2) is 5.53. The number of carbonyl (C=O) groups is 1. The third-order valence-corrected chi connectivity index (χ3v) is 2.73. The molecule has 1 N–H and O–H groups in total. The molecule has 0 saturated carbocycles. The van der Waals surface area contributed by atoms with Gasteiger partial charge in [-0.15, -0.1) is 0 Å². The number of carboxylic acids is 1. The Morgan fingerprint density at radius 2 is 2.14 bits per heavy atom. The SMILES string of the molecule is Cc1nc(C)n(-c2ccc([N+](=O)[O-])c(/C=C/C(=O)O)c2)n1. The van der Waals surface area contributed by atoms with E-state index in [0.29, 0.717) is 17.3 Å². The van der Waals surface area contributed by atoms with E-state index in [9.17, 15) is 14.9 Å². The standard InChI is InChI=1S/C13H12N4O4/c1-8-14-9(2)16(15-8)11-4-5-12(17(20)21)10(7-11)3-6-13(18)19/h3-7H,1-2H3,(H,18,19)/b6-3+. The lowest BCUT2D eigenvalue weighted by Crippen LogP contribution is -2.01. The Labute approximate surface area is 119 Å². The Morgan fingerprint density at radius 1 is 1.43 bits per heavy atom. The summed E-state index contributed by atoms with van der Waals surface area (Å²) in [6.45, 7) is 3.49. The largest absolute Gasteiger partial charge is 0.478 e. The molecule has 0 amide bonds. The van der Waals surface area contributed by atoms with Crippen molar-refractivity contribution in [2.75, 3.05) is 0 Å². The smallest absolute Gasteiger partial charge is 0.328 e. The molecule has 0 aliphatic carbocycles. The van der Waals surface area contributed by atoms with Crippen LogP contribution in [0.1, 0.15) is 17.2 Å². The van der Waals surface area contributed by atoms with E-state index >= 15 is 0 Å². The van der Waals surface area contributed by atoms with Crippen molar-refractivity contribution >= 4 is 17.7 Å². The second-order valence-corrected chi connectivity index (χ2v) is 4.29. The molecule has 0 radical (unpaired) electrons. The quantitative estimate of drug-likeness (QED) is 0.522. The first-order valence-corrected chi connectivity index (χ1v) is 5.98. The molecule has 1 aromatic heterocycles. The number of hydrogen-bond acceptors (Lipinski definition) is 5. The fraction of sp³-hybridized carbons (Fsp3) is 0.154. The van der Waals surface area contributed by atoms with E-state index in [1.165, 1.54) is 29.0 Å². The summed E-state index contributed by atoms with van der Waals surface area (Å²) >= 11 is 0. The first-order chi connectivity index (χ1) is 9.88. The molecule has 0 atom stereocenters. The van der Waals surface area contributed by atoms with Crippen molar-refractivity contribution in [3.8, 4) is 5.69 Å². The van der Waals surface area contributed by atoms with Crippen molar-refractivity contribution in [3.05, 3.63) is 51.6 Å². The fourth-order valence-corrected chi connectivity index (χ4v) is 1.90. The summed E-state index contributed by atoms with van der Waals surface area (Å²) in [5, 5.41) is 23.8. The number of carboxylic acid groups (broad SMARTS) is 1. The van der Waals surface area contributed by atoms with Gasteiger partial charge in [-0.05, 0) is 32.1 Å². The van der Waals surface area contributed by atoms with Gasteiger partial charge >= 0.3 is 5.97 Å². The van der Waals surface area contributed by atoms with Crippen LogP contribution in [0.5, 0.6) is 0 Å². The van der Waals surface area contributed by atoms with Crippen molar-refractivity contribution in [2.45, 2.75) is 13.8 Å². The fourth-order valence-electron chi connectivity index (χ4n) is 1.90. The number of nitro groups is 1. The van der Waals surface area contributed by atoms with Crippen molar-refractivity contribution in [1.29, 1.82) is 0 Å². The molecule has 0 aliphatic rings. The number of hydrogen-bond donors (Lipinski definition) is 1. The Balaban J connectivity index is 2.56. The molecule has 21 heavy (non-hydrogen) atoms. The van der Waals surface area contributed by atoms with Crippen LogP contribution in [0.3, 0.4) is 0 Å². The average molecular weight is 288 g/mol. The Kier molecular flexibility index (Phi) is 3.79. The van der Waals surface area contributed by atoms with E-state index in [1.807, 2.05) is 0 Å². The van der Waals surface area contributed by atoms with Gasteiger partial charge in [0.25, 0.3) is 5.69 Å². The summed E-state index contributed by atoms with van der Waals surface area (Å²) in [6.07, 6.45) is 2.04. The molecule has 8 heteroatoms. The summed E-state index contributed by atoms with van der Waals surface area (Å²) < 4.78 is 1.54. The Hall–Kier alpha value is -3.03. The van der Waals surface area contributed by atoms with E-state index in [1.54, 1.807) is 13.8 Å². The molecular formula is C13H12N4O4. The molecule has 0 saturated heterocycles. The van der Waals surface area contributed by atoms with Crippen molar-refractivity contribution < 1.29 is 14.8 Å². The zero-order valence-electron chi connectivity index (χ0n) is 11.3. The number of rotatable bonds is 4. The first kappa shape index (κ1) is 14.4. The van der Waals surface area contributed by atoms with Gasteiger partial charge in [0.15, 0.2) is 0 Å². The minimum atomic E-state index is -1.18. The highest BCUT2D eigenvalue weighted by atomic mass is 16.6. The van der Waals surface area contributed by atoms with E-state index in [-0.39, 0.29) is 11.3 Å². The molecule has 0 fully saturated rings. The van der Waals surface area contributed by atoms with Gasteiger partial charge in [0, 0.05) is 12.1 Å². The van der Waals surface area contributed by atoms with Gasteiger partial charge in [0.05, 0.1) is 16.2 Å². The van der Waals surface area contributed by atoms with Gasteiger partial charge in [-0.1, -0.05) is 0 Å². The number of benzene rings is 1. The highest BCUT2D eigenvalue weighted by molar-refractivity contribution is 5.86. The van der Waals surface area contributed by atoms with Gasteiger partial charge in [0.1, 0.15) is 11.6 Å². The molecule has 1 heterocycles. The van der Waals surface area contributed by atoms with Gasteiger partial charge in [-0.2, -0.15) is 5.10 Å². The van der Waals surface area contributed by atoms with E-state index in [4.69, 9.17) is 5.11 Å². The van der Waals surface area contributed by atoms with Crippen molar-refractivity contribution in [1.82, 2.24) is 14.8 Å². The third-order valence-electron chi connectivity index (χ3n) is 2.73. The summed E-state index contributed by atoms with van der Waals surface area (Å²) in [4.78, 5) is 25.1. The van der Waals surface area contributed by atoms with Crippen LogP contribution in [-0.4, -0.2) is 30.8 Å². The van der Waals surface area contributed by atoms with Crippen LogP contribution in [0.25, 0.3) is 11.8 Å². The highest BCUT2D eigenvalue weighted by Gasteiger charge is 2.14. The zero-order valence-corrected chi connectivity index (χ0v) is 11.3. The maximum Gasteiger partial charge on any atom is 0.328 e.